The van der Waals surface area contributed by atoms with Gasteiger partial charge in [-0.05, 0) is 49.2 Å². The summed E-state index contributed by atoms with van der Waals surface area (Å²) in [5, 5.41) is 2.96. The van der Waals surface area contributed by atoms with E-state index in [1.54, 1.807) is 0 Å². The number of carbonyl (C=O) groups is 2. The quantitative estimate of drug-likeness (QED) is 0.518. The third-order valence-electron chi connectivity index (χ3n) is 6.48. The number of halogens is 3. The molecule has 5 nitrogen and oxygen atoms in total. The first-order chi connectivity index (χ1) is 16.3. The Hall–Kier alpha value is -3.55. The highest BCUT2D eigenvalue weighted by Crippen LogP contribution is 2.33. The lowest BCUT2D eigenvalue weighted by Crippen LogP contribution is -2.35. The fourth-order valence-electron chi connectivity index (χ4n) is 4.32. The molecule has 5 rings (SSSR count). The number of benzene rings is 2. The molecule has 2 amide bonds. The molecule has 2 heterocycles. The molecule has 0 spiro atoms. The molecule has 1 N–H and O–H groups in total. The predicted octanol–water partition coefficient (Wildman–Crippen LogP) is 5.90. The van der Waals surface area contributed by atoms with Crippen molar-refractivity contribution in [3.8, 4) is 11.3 Å². The van der Waals surface area contributed by atoms with Crippen LogP contribution >= 0.6 is 0 Å². The van der Waals surface area contributed by atoms with Crippen molar-refractivity contribution in [2.75, 3.05) is 11.9 Å². The molecule has 2 aliphatic rings. The fourth-order valence-corrected chi connectivity index (χ4v) is 4.32. The Morgan fingerprint density at radius 3 is 2.56 bits per heavy atom. The van der Waals surface area contributed by atoms with E-state index in [9.17, 15) is 22.8 Å². The third kappa shape index (κ3) is 4.44. The Kier molecular flexibility index (Phi) is 5.67. The molecule has 0 atom stereocenters. The van der Waals surface area contributed by atoms with Gasteiger partial charge in [0.1, 0.15) is 11.5 Å². The van der Waals surface area contributed by atoms with Gasteiger partial charge in [0, 0.05) is 47.8 Å². The lowest BCUT2D eigenvalue weighted by atomic mass is 9.85. The van der Waals surface area contributed by atoms with Crippen LogP contribution < -0.4 is 5.32 Å². The van der Waals surface area contributed by atoms with Crippen LogP contribution in [0.2, 0.25) is 0 Å². The molecule has 1 aromatic heterocycles. The normalized spacial score (nSPS) is 16.0. The summed E-state index contributed by atoms with van der Waals surface area (Å²) in [7, 11) is 0. The van der Waals surface area contributed by atoms with Crippen LogP contribution in [0.25, 0.3) is 11.3 Å². The number of fused-ring (bicyclic) bond motifs is 1. The molecule has 1 fully saturated rings. The van der Waals surface area contributed by atoms with Gasteiger partial charge in [-0.25, -0.2) is 0 Å². The van der Waals surface area contributed by atoms with Crippen molar-refractivity contribution in [3.05, 3.63) is 77.0 Å². The Balaban J connectivity index is 1.31. The molecule has 1 saturated carbocycles. The fraction of sp³-hybridized carbons (Fsp3) is 0.308. The Morgan fingerprint density at radius 2 is 1.82 bits per heavy atom. The van der Waals surface area contributed by atoms with Crippen molar-refractivity contribution >= 4 is 17.5 Å². The van der Waals surface area contributed by atoms with Crippen molar-refractivity contribution in [2.24, 2.45) is 5.92 Å². The average Bonchev–Trinajstić information content (AvgIpc) is 3.20. The van der Waals surface area contributed by atoms with Crippen molar-refractivity contribution in [2.45, 2.75) is 38.4 Å². The van der Waals surface area contributed by atoms with Gasteiger partial charge in [0.05, 0.1) is 5.56 Å². The molecule has 34 heavy (non-hydrogen) atoms. The van der Waals surface area contributed by atoms with Crippen LogP contribution in [-0.2, 0) is 23.9 Å². The highest BCUT2D eigenvalue weighted by molar-refractivity contribution is 5.95. The van der Waals surface area contributed by atoms with Gasteiger partial charge in [-0.1, -0.05) is 24.6 Å². The molecule has 0 saturated heterocycles. The van der Waals surface area contributed by atoms with E-state index in [0.717, 1.165) is 48.3 Å². The maximum Gasteiger partial charge on any atom is 0.416 e. The molecule has 1 aliphatic heterocycles. The summed E-state index contributed by atoms with van der Waals surface area (Å²) in [6, 6.07) is 13.8. The zero-order valence-electron chi connectivity index (χ0n) is 18.3. The Morgan fingerprint density at radius 1 is 1.03 bits per heavy atom. The smallest absolute Gasteiger partial charge is 0.416 e. The van der Waals surface area contributed by atoms with Crippen LogP contribution in [0.4, 0.5) is 18.9 Å². The van der Waals surface area contributed by atoms with E-state index >= 15 is 0 Å². The first-order valence-electron chi connectivity index (χ1n) is 11.3. The maximum absolute atomic E-state index is 13.0. The molecular weight excluding hydrogens is 445 g/mol. The molecule has 8 heteroatoms. The number of hydrogen-bond acceptors (Lipinski definition) is 3. The summed E-state index contributed by atoms with van der Waals surface area (Å²) >= 11 is 0. The number of anilines is 1. The molecule has 0 radical (unpaired) electrons. The lowest BCUT2D eigenvalue weighted by Gasteiger charge is -2.26. The van der Waals surface area contributed by atoms with Gasteiger partial charge in [0.15, 0.2) is 0 Å². The summed E-state index contributed by atoms with van der Waals surface area (Å²) in [6.45, 7) is 0.610. The summed E-state index contributed by atoms with van der Waals surface area (Å²) < 4.78 is 45.1. The van der Waals surface area contributed by atoms with Gasteiger partial charge >= 0.3 is 6.18 Å². The van der Waals surface area contributed by atoms with Crippen molar-refractivity contribution in [1.29, 1.82) is 0 Å². The molecule has 2 aromatic carbocycles. The van der Waals surface area contributed by atoms with E-state index in [1.165, 1.54) is 17.0 Å². The molecule has 0 unspecified atom stereocenters. The number of furan rings is 1. The monoisotopic (exact) mass is 468 g/mol. The maximum atomic E-state index is 13.0. The zero-order chi connectivity index (χ0) is 23.9. The van der Waals surface area contributed by atoms with Crippen LogP contribution in [0.15, 0.2) is 59.0 Å². The van der Waals surface area contributed by atoms with E-state index in [-0.39, 0.29) is 23.9 Å². The molecule has 1 aliphatic carbocycles. The van der Waals surface area contributed by atoms with Gasteiger partial charge in [0.25, 0.3) is 5.91 Å². The minimum atomic E-state index is -4.50. The second kappa shape index (κ2) is 8.66. The first kappa shape index (κ1) is 22.3. The lowest BCUT2D eigenvalue weighted by molar-refractivity contribution is -0.137. The highest BCUT2D eigenvalue weighted by atomic mass is 19.4. The molecule has 176 valence electrons. The van der Waals surface area contributed by atoms with E-state index in [1.807, 2.05) is 30.3 Å². The van der Waals surface area contributed by atoms with Crippen molar-refractivity contribution < 1.29 is 27.2 Å². The largest absolute Gasteiger partial charge is 0.461 e. The number of nitrogens with one attached hydrogen (secondary N) is 1. The SMILES string of the molecule is O=C(Nc1cccc(-c2cc3c(o2)CCN(C(=O)c2cccc(C(F)(F)F)c2)C3)c1)C1CCC1. The van der Waals surface area contributed by atoms with Gasteiger partial charge < -0.3 is 14.6 Å². The van der Waals surface area contributed by atoms with Crippen LogP contribution in [-0.4, -0.2) is 23.3 Å². The average molecular weight is 468 g/mol. The van der Waals surface area contributed by atoms with E-state index in [4.69, 9.17) is 4.42 Å². The van der Waals surface area contributed by atoms with Crippen LogP contribution in [0.3, 0.4) is 0 Å². The predicted molar refractivity (Wildman–Crippen MR) is 120 cm³/mol. The van der Waals surface area contributed by atoms with Crippen LogP contribution in [0, 0.1) is 5.92 Å². The summed E-state index contributed by atoms with van der Waals surface area (Å²) in [6.07, 6.45) is -1.10. The van der Waals surface area contributed by atoms with Gasteiger partial charge in [0.2, 0.25) is 5.91 Å². The summed E-state index contributed by atoms with van der Waals surface area (Å²) in [5.74, 6) is 1.05. The summed E-state index contributed by atoms with van der Waals surface area (Å²) in [4.78, 5) is 26.7. The highest BCUT2D eigenvalue weighted by Gasteiger charge is 2.32. The van der Waals surface area contributed by atoms with Crippen molar-refractivity contribution in [1.82, 2.24) is 4.90 Å². The number of carbonyl (C=O) groups excluding carboxylic acids is 2. The van der Waals surface area contributed by atoms with Gasteiger partial charge in [-0.3, -0.25) is 9.59 Å². The number of amides is 2. The topological polar surface area (TPSA) is 62.6 Å². The van der Waals surface area contributed by atoms with Crippen LogP contribution in [0.5, 0.6) is 0 Å². The number of nitrogens with zero attached hydrogens (tertiary/aromatic N) is 1. The van der Waals surface area contributed by atoms with Gasteiger partial charge in [-0.2, -0.15) is 13.2 Å². The van der Waals surface area contributed by atoms with E-state index in [0.29, 0.717) is 24.4 Å². The minimum Gasteiger partial charge on any atom is -0.461 e. The second-order valence-corrected chi connectivity index (χ2v) is 8.81. The zero-order valence-corrected chi connectivity index (χ0v) is 18.3. The number of hydrogen-bond donors (Lipinski definition) is 1. The van der Waals surface area contributed by atoms with E-state index < -0.39 is 17.6 Å². The summed E-state index contributed by atoms with van der Waals surface area (Å²) in [5.41, 5.74) is 1.50. The van der Waals surface area contributed by atoms with Crippen molar-refractivity contribution in [3.63, 3.8) is 0 Å². The molecule has 0 bridgehead atoms. The Labute approximate surface area is 194 Å². The molecular formula is C26H23F3N2O3. The second-order valence-electron chi connectivity index (χ2n) is 8.81. The minimum absolute atomic E-state index is 0.0110. The number of alkyl halides is 3. The standard InChI is InChI=1S/C26H23F3N2O3/c27-26(28,29)20-8-2-7-18(12-20)25(33)31-11-10-22-19(15-31)14-23(34-22)17-6-3-9-21(13-17)30-24(32)16-4-1-5-16/h2-3,6-9,12-14,16H,1,4-5,10-11,15H2,(H,30,32). The third-order valence-corrected chi connectivity index (χ3v) is 6.48. The Bertz CT molecular complexity index is 1240. The van der Waals surface area contributed by atoms with Crippen LogP contribution in [0.1, 0.15) is 46.5 Å². The molecule has 3 aromatic rings. The number of rotatable bonds is 4. The van der Waals surface area contributed by atoms with Gasteiger partial charge in [-0.15, -0.1) is 0 Å². The first-order valence-corrected chi connectivity index (χ1v) is 11.3. The van der Waals surface area contributed by atoms with E-state index in [2.05, 4.69) is 5.32 Å².